The topological polar surface area (TPSA) is 122 Å². The van der Waals surface area contributed by atoms with E-state index in [1.165, 1.54) is 14.0 Å². The van der Waals surface area contributed by atoms with Crippen molar-refractivity contribution < 1.29 is 27.9 Å². The lowest BCUT2D eigenvalue weighted by molar-refractivity contribution is -0.141. The largest absolute Gasteiger partial charge is 0.519 e. The molecule has 9 heteroatoms. The number of thioether (sulfide) groups is 1. The van der Waals surface area contributed by atoms with E-state index in [4.69, 9.17) is 10.5 Å². The van der Waals surface area contributed by atoms with Crippen molar-refractivity contribution in [1.29, 1.82) is 0 Å². The highest BCUT2D eigenvalue weighted by Gasteiger charge is 2.17. The maximum absolute atomic E-state index is 11.3. The van der Waals surface area contributed by atoms with Crippen LogP contribution in [0.4, 0.5) is 4.79 Å². The van der Waals surface area contributed by atoms with Crippen LogP contribution < -0.4 is 11.6 Å². The van der Waals surface area contributed by atoms with Crippen LogP contribution in [0.25, 0.3) is 0 Å². The van der Waals surface area contributed by atoms with E-state index in [2.05, 4.69) is 13.6 Å². The van der Waals surface area contributed by atoms with Crippen molar-refractivity contribution in [2.75, 3.05) is 12.9 Å². The average Bonchev–Trinajstić information content (AvgIpc) is 2.70. The lowest BCUT2D eigenvalue weighted by Gasteiger charge is -2.07. The Balaban J connectivity index is 2.34. The van der Waals surface area contributed by atoms with Crippen molar-refractivity contribution in [3.8, 4) is 0 Å². The molecule has 2 N–H and O–H groups in total. The molecule has 0 unspecified atom stereocenters. The van der Waals surface area contributed by atoms with Gasteiger partial charge in [-0.3, -0.25) is 4.79 Å². The average molecular weight is 291 g/mol. The molecule has 0 aliphatic carbocycles. The zero-order chi connectivity index (χ0) is 14.4. The highest BCUT2D eigenvalue weighted by atomic mass is 32.2. The van der Waals surface area contributed by atoms with E-state index in [0.29, 0.717) is 0 Å². The summed E-state index contributed by atoms with van der Waals surface area (Å²) in [6.45, 7) is 1.28. The van der Waals surface area contributed by atoms with Gasteiger partial charge in [0.05, 0.1) is 7.11 Å². The summed E-state index contributed by atoms with van der Waals surface area (Å²) in [7, 11) is 1.20. The number of carbonyl (C=O) groups excluding carboxylic acids is 2. The molecule has 0 spiro atoms. The van der Waals surface area contributed by atoms with E-state index in [1.807, 2.05) is 0 Å². The number of carbonyl (C=O) groups is 2. The van der Waals surface area contributed by atoms with Crippen molar-refractivity contribution in [3.05, 3.63) is 22.1 Å². The Hall–Kier alpha value is -1.74. The van der Waals surface area contributed by atoms with Crippen LogP contribution in [-0.4, -0.2) is 30.2 Å². The summed E-state index contributed by atoms with van der Waals surface area (Å²) in [5, 5.41) is -0.650. The molecule has 0 fully saturated rings. The Labute approximate surface area is 112 Å². The summed E-state index contributed by atoms with van der Waals surface area (Å²) >= 11 is 0.723. The van der Waals surface area contributed by atoms with Gasteiger partial charge in [0, 0.05) is 5.75 Å². The fourth-order valence-corrected chi connectivity index (χ4v) is 1.64. The fourth-order valence-electron chi connectivity index (χ4n) is 1.05. The molecule has 0 aliphatic heterocycles. The summed E-state index contributed by atoms with van der Waals surface area (Å²) in [5.74, 6) is -1.06. The molecule has 0 saturated carbocycles. The van der Waals surface area contributed by atoms with Crippen LogP contribution >= 0.6 is 11.8 Å². The number of hydrogen-bond donors (Lipinski definition) is 1. The van der Waals surface area contributed by atoms with Crippen molar-refractivity contribution >= 4 is 23.0 Å². The van der Waals surface area contributed by atoms with Crippen LogP contribution in [0.2, 0.25) is 0 Å². The highest BCUT2D eigenvalue weighted by molar-refractivity contribution is 8.13. The zero-order valence-electron chi connectivity index (χ0n) is 10.3. The number of ether oxygens (including phenoxy) is 2. The van der Waals surface area contributed by atoms with Gasteiger partial charge in [0.1, 0.15) is 6.04 Å². The Bertz CT molecular complexity index is 506. The third-order valence-corrected chi connectivity index (χ3v) is 2.92. The lowest BCUT2D eigenvalue weighted by atomic mass is 10.4. The van der Waals surface area contributed by atoms with Crippen LogP contribution in [0.15, 0.2) is 13.6 Å². The zero-order valence-corrected chi connectivity index (χ0v) is 11.2. The minimum atomic E-state index is -0.906. The van der Waals surface area contributed by atoms with Crippen LogP contribution in [-0.2, 0) is 20.9 Å². The molecule has 106 valence electrons. The van der Waals surface area contributed by atoms with Crippen LogP contribution in [0.5, 0.6) is 0 Å². The van der Waals surface area contributed by atoms with Gasteiger partial charge in [-0.2, -0.15) is 0 Å². The van der Waals surface area contributed by atoms with Crippen molar-refractivity contribution in [2.24, 2.45) is 5.73 Å². The first-order valence-corrected chi connectivity index (χ1v) is 6.15. The maximum atomic E-state index is 11.3. The Morgan fingerprint density at radius 1 is 1.42 bits per heavy atom. The molecule has 1 rings (SSSR count). The lowest BCUT2D eigenvalue weighted by Crippen LogP contribution is -2.34. The second-order valence-electron chi connectivity index (χ2n) is 3.41. The molecule has 1 heterocycles. The molecule has 0 aliphatic rings. The third-order valence-electron chi connectivity index (χ3n) is 2.04. The van der Waals surface area contributed by atoms with Gasteiger partial charge in [0.25, 0.3) is 0 Å². The van der Waals surface area contributed by atoms with E-state index < -0.39 is 23.1 Å². The number of rotatable bonds is 5. The van der Waals surface area contributed by atoms with Gasteiger partial charge in [-0.25, -0.2) is 9.59 Å². The van der Waals surface area contributed by atoms with Crippen molar-refractivity contribution in [2.45, 2.75) is 19.6 Å². The number of nitrogens with two attached hydrogens (primary N) is 1. The van der Waals surface area contributed by atoms with Crippen LogP contribution in [0, 0.1) is 6.92 Å². The second kappa shape index (κ2) is 7.00. The van der Waals surface area contributed by atoms with Crippen LogP contribution in [0.3, 0.4) is 0 Å². The first-order valence-electron chi connectivity index (χ1n) is 5.16. The monoisotopic (exact) mass is 291 g/mol. The minimum absolute atomic E-state index is 0.0276. The van der Waals surface area contributed by atoms with Crippen molar-refractivity contribution in [3.63, 3.8) is 0 Å². The third kappa shape index (κ3) is 4.79. The quantitative estimate of drug-likeness (QED) is 0.768. The molecule has 19 heavy (non-hydrogen) atoms. The number of hydrogen-bond acceptors (Lipinski definition) is 9. The number of aryl methyl sites for hydroxylation is 1. The van der Waals surface area contributed by atoms with Gasteiger partial charge in [-0.1, -0.05) is 0 Å². The van der Waals surface area contributed by atoms with Gasteiger partial charge in [0.15, 0.2) is 18.1 Å². The normalized spacial score (nSPS) is 11.9. The van der Waals surface area contributed by atoms with Crippen molar-refractivity contribution in [1.82, 2.24) is 0 Å². The minimum Gasteiger partial charge on any atom is -0.468 e. The summed E-state index contributed by atoms with van der Waals surface area (Å²) < 4.78 is 18.4. The Kier molecular flexibility index (Phi) is 5.64. The van der Waals surface area contributed by atoms with Gasteiger partial charge < -0.3 is 24.0 Å². The maximum Gasteiger partial charge on any atom is 0.519 e. The standard InChI is InChI=1S/C10H13NO7S/c1-5-7(18-9(13)17-5)3-16-10(14)19-4-6(11)8(12)15-2/h6H,3-4,11H2,1-2H3/t6-/m0/s1. The molecule has 0 bridgehead atoms. The smallest absolute Gasteiger partial charge is 0.468 e. The molecular weight excluding hydrogens is 278 g/mol. The molecule has 0 aromatic carbocycles. The molecule has 1 atom stereocenters. The summed E-state index contributed by atoms with van der Waals surface area (Å²) in [4.78, 5) is 33.0. The predicted molar refractivity (Wildman–Crippen MR) is 64.6 cm³/mol. The summed E-state index contributed by atoms with van der Waals surface area (Å²) in [5.41, 5.74) is 5.43. The number of methoxy groups -OCH3 is 1. The molecule has 1 aromatic rings. The van der Waals surface area contributed by atoms with Gasteiger partial charge in [-0.05, 0) is 18.7 Å². The first kappa shape index (κ1) is 15.3. The first-order chi connectivity index (χ1) is 8.93. The predicted octanol–water partition coefficient (Wildman–Crippen LogP) is 0.411. The molecule has 0 amide bonds. The Morgan fingerprint density at radius 2 is 2.11 bits per heavy atom. The SMILES string of the molecule is COC(=O)[C@@H](N)CSC(=O)OCc1oc(=O)oc1C. The van der Waals surface area contributed by atoms with E-state index in [0.717, 1.165) is 11.8 Å². The summed E-state index contributed by atoms with van der Waals surface area (Å²) in [6, 6.07) is -0.906. The van der Waals surface area contributed by atoms with Gasteiger partial charge >= 0.3 is 17.1 Å². The van der Waals surface area contributed by atoms with E-state index in [9.17, 15) is 14.4 Å². The van der Waals surface area contributed by atoms with Crippen LogP contribution in [0.1, 0.15) is 11.5 Å². The highest BCUT2D eigenvalue weighted by Crippen LogP contribution is 2.12. The molecular formula is C10H13NO7S. The summed E-state index contributed by atoms with van der Waals surface area (Å²) in [6.07, 6.45) is 0. The molecule has 0 radical (unpaired) electrons. The number of esters is 1. The van der Waals surface area contributed by atoms with Gasteiger partial charge in [-0.15, -0.1) is 0 Å². The van der Waals surface area contributed by atoms with E-state index in [-0.39, 0.29) is 23.9 Å². The Morgan fingerprint density at radius 3 is 2.63 bits per heavy atom. The van der Waals surface area contributed by atoms with E-state index >= 15 is 0 Å². The molecule has 0 saturated heterocycles. The fraction of sp³-hybridized carbons (Fsp3) is 0.500. The second-order valence-corrected chi connectivity index (χ2v) is 4.37. The molecule has 1 aromatic heterocycles. The van der Waals surface area contributed by atoms with E-state index in [1.54, 1.807) is 0 Å². The van der Waals surface area contributed by atoms with Gasteiger partial charge in [0.2, 0.25) is 0 Å². The molecule has 8 nitrogen and oxygen atoms in total.